The summed E-state index contributed by atoms with van der Waals surface area (Å²) < 4.78 is -0.0893. The van der Waals surface area contributed by atoms with Crippen molar-refractivity contribution in [3.05, 3.63) is 29.8 Å². The number of hydrogen-bond acceptors (Lipinski definition) is 2. The van der Waals surface area contributed by atoms with Crippen LogP contribution in [0.1, 0.15) is 25.5 Å². The van der Waals surface area contributed by atoms with Gasteiger partial charge in [-0.25, -0.2) is 0 Å². The van der Waals surface area contributed by atoms with Crippen molar-refractivity contribution in [3.63, 3.8) is 0 Å². The van der Waals surface area contributed by atoms with Gasteiger partial charge in [0.2, 0.25) is 0 Å². The molecule has 0 saturated carbocycles. The molecule has 4 nitrogen and oxygen atoms in total. The Balaban J connectivity index is 3.20. The molecular weight excluding hydrogens is 228 g/mol. The molecule has 0 bridgehead atoms. The van der Waals surface area contributed by atoms with Crippen molar-refractivity contribution in [3.8, 4) is 0 Å². The molecule has 4 heteroatoms. The van der Waals surface area contributed by atoms with E-state index in [9.17, 15) is 9.90 Å². The Bertz CT molecular complexity index is 432. The van der Waals surface area contributed by atoms with Crippen molar-refractivity contribution in [2.75, 3.05) is 27.7 Å². The third kappa shape index (κ3) is 2.71. The van der Waals surface area contributed by atoms with Gasteiger partial charge in [-0.2, -0.15) is 9.28 Å². The number of carboxylic acid groups (broad SMARTS) is 1. The van der Waals surface area contributed by atoms with Crippen LogP contribution in [-0.4, -0.2) is 43.8 Å². The first-order valence-electron chi connectivity index (χ1n) is 6.19. The molecule has 0 saturated heterocycles. The number of nitrogens with zero attached hydrogens (tertiary/aromatic N) is 2. The summed E-state index contributed by atoms with van der Waals surface area (Å²) in [6.45, 7) is 4.52. The van der Waals surface area contributed by atoms with Crippen LogP contribution in [0, 0.1) is 0 Å². The SMILES string of the molecule is CC[N+](C)(C(=O)O)c1cccc([C@H](C)N(C)C)c1. The maximum Gasteiger partial charge on any atom is 0.518 e. The second-order valence-corrected chi connectivity index (χ2v) is 5.02. The Labute approximate surface area is 109 Å². The predicted octanol–water partition coefficient (Wildman–Crippen LogP) is 2.94. The lowest BCUT2D eigenvalue weighted by Crippen LogP contribution is -2.49. The maximum atomic E-state index is 11.4. The van der Waals surface area contributed by atoms with Crippen molar-refractivity contribution in [1.82, 2.24) is 9.38 Å². The van der Waals surface area contributed by atoms with Gasteiger partial charge in [-0.1, -0.05) is 12.1 Å². The lowest BCUT2D eigenvalue weighted by Gasteiger charge is -2.27. The van der Waals surface area contributed by atoms with Crippen LogP contribution >= 0.6 is 0 Å². The van der Waals surface area contributed by atoms with E-state index in [1.807, 2.05) is 45.3 Å². The van der Waals surface area contributed by atoms with Crippen molar-refractivity contribution in [2.45, 2.75) is 19.9 Å². The maximum absolute atomic E-state index is 11.4. The fraction of sp³-hybridized carbons (Fsp3) is 0.500. The Kier molecular flexibility index (Phi) is 4.48. The van der Waals surface area contributed by atoms with E-state index < -0.39 is 6.09 Å². The van der Waals surface area contributed by atoms with Crippen molar-refractivity contribution < 1.29 is 9.90 Å². The van der Waals surface area contributed by atoms with Gasteiger partial charge in [0.05, 0.1) is 13.6 Å². The fourth-order valence-corrected chi connectivity index (χ4v) is 1.82. The highest BCUT2D eigenvalue weighted by Crippen LogP contribution is 2.26. The molecule has 1 N–H and O–H groups in total. The molecule has 0 aliphatic carbocycles. The van der Waals surface area contributed by atoms with Crippen LogP contribution in [0.2, 0.25) is 0 Å². The lowest BCUT2D eigenvalue weighted by atomic mass is 10.1. The predicted molar refractivity (Wildman–Crippen MR) is 74.8 cm³/mol. The summed E-state index contributed by atoms with van der Waals surface area (Å²) in [6, 6.07) is 8.10. The highest BCUT2D eigenvalue weighted by atomic mass is 16.4. The van der Waals surface area contributed by atoms with Crippen molar-refractivity contribution >= 4 is 11.8 Å². The largest absolute Gasteiger partial charge is 0.518 e. The van der Waals surface area contributed by atoms with Crippen LogP contribution in [0.4, 0.5) is 10.5 Å². The Morgan fingerprint density at radius 2 is 2.06 bits per heavy atom. The van der Waals surface area contributed by atoms with Gasteiger partial charge in [-0.3, -0.25) is 0 Å². The van der Waals surface area contributed by atoms with E-state index in [1.165, 1.54) is 0 Å². The van der Waals surface area contributed by atoms with Crippen LogP contribution in [0.15, 0.2) is 24.3 Å². The minimum Gasteiger partial charge on any atom is -0.435 e. The summed E-state index contributed by atoms with van der Waals surface area (Å²) >= 11 is 0. The standard InChI is InChI=1S/C14H22N2O2/c1-6-16(5,14(17)18)13-9-7-8-12(10-13)11(2)15(3)4/h7-11H,6H2,1-5H3/p+1/t11-,16?/m0/s1. The second kappa shape index (κ2) is 5.50. The zero-order chi connectivity index (χ0) is 13.9. The third-order valence-corrected chi connectivity index (χ3v) is 3.75. The van der Waals surface area contributed by atoms with E-state index in [2.05, 4.69) is 11.8 Å². The van der Waals surface area contributed by atoms with Crippen LogP contribution in [0.25, 0.3) is 0 Å². The minimum atomic E-state index is -0.827. The van der Waals surface area contributed by atoms with E-state index in [-0.39, 0.29) is 10.5 Å². The number of quaternary nitrogens is 1. The van der Waals surface area contributed by atoms with Gasteiger partial charge >= 0.3 is 6.09 Å². The Morgan fingerprint density at radius 1 is 1.44 bits per heavy atom. The lowest BCUT2D eigenvalue weighted by molar-refractivity contribution is 0.158. The topological polar surface area (TPSA) is 40.5 Å². The van der Waals surface area contributed by atoms with E-state index >= 15 is 0 Å². The molecule has 1 unspecified atom stereocenters. The summed E-state index contributed by atoms with van der Waals surface area (Å²) in [5.74, 6) is 0. The Morgan fingerprint density at radius 3 is 2.50 bits per heavy atom. The first-order chi connectivity index (χ1) is 8.32. The normalized spacial score (nSPS) is 16.3. The molecule has 1 rings (SSSR count). The van der Waals surface area contributed by atoms with E-state index in [0.717, 1.165) is 11.3 Å². The molecule has 0 radical (unpaired) electrons. The average molecular weight is 251 g/mol. The number of carbonyl (C=O) groups is 1. The highest BCUT2D eigenvalue weighted by molar-refractivity contribution is 5.80. The number of benzene rings is 1. The van der Waals surface area contributed by atoms with Crippen molar-refractivity contribution in [2.24, 2.45) is 0 Å². The summed E-state index contributed by atoms with van der Waals surface area (Å²) in [6.07, 6.45) is -0.827. The molecule has 0 aliphatic heterocycles. The third-order valence-electron chi connectivity index (χ3n) is 3.75. The molecule has 2 atom stereocenters. The molecular formula is C14H23N2O2+. The molecule has 0 heterocycles. The van der Waals surface area contributed by atoms with E-state index in [1.54, 1.807) is 7.05 Å². The first kappa shape index (κ1) is 14.7. The molecule has 0 aromatic heterocycles. The fourth-order valence-electron chi connectivity index (χ4n) is 1.82. The summed E-state index contributed by atoms with van der Waals surface area (Å²) in [4.78, 5) is 13.5. The highest BCUT2D eigenvalue weighted by Gasteiger charge is 2.32. The van der Waals surface area contributed by atoms with Gasteiger partial charge in [-0.15, -0.1) is 0 Å². The smallest absolute Gasteiger partial charge is 0.435 e. The number of amides is 1. The van der Waals surface area contributed by atoms with Gasteiger partial charge in [0.25, 0.3) is 0 Å². The molecule has 1 aromatic rings. The molecule has 1 amide bonds. The van der Waals surface area contributed by atoms with Crippen LogP contribution in [0.5, 0.6) is 0 Å². The quantitative estimate of drug-likeness (QED) is 0.836. The molecule has 0 spiro atoms. The Hall–Kier alpha value is -1.39. The van der Waals surface area contributed by atoms with Crippen LogP contribution < -0.4 is 4.48 Å². The molecule has 100 valence electrons. The molecule has 1 aromatic carbocycles. The zero-order valence-corrected chi connectivity index (χ0v) is 11.8. The summed E-state index contributed by atoms with van der Waals surface area (Å²) in [7, 11) is 5.76. The first-order valence-corrected chi connectivity index (χ1v) is 6.19. The van der Waals surface area contributed by atoms with Gasteiger partial charge in [-0.05, 0) is 39.6 Å². The van der Waals surface area contributed by atoms with Gasteiger partial charge in [0, 0.05) is 12.1 Å². The van der Waals surface area contributed by atoms with Gasteiger partial charge in [0.1, 0.15) is 5.69 Å². The molecule has 0 aliphatic rings. The van der Waals surface area contributed by atoms with Crippen LogP contribution in [-0.2, 0) is 0 Å². The second-order valence-electron chi connectivity index (χ2n) is 5.02. The van der Waals surface area contributed by atoms with Crippen molar-refractivity contribution in [1.29, 1.82) is 0 Å². The summed E-state index contributed by atoms with van der Waals surface area (Å²) in [5, 5.41) is 9.39. The minimum absolute atomic E-state index is 0.0893. The zero-order valence-electron chi connectivity index (χ0n) is 11.8. The van der Waals surface area contributed by atoms with E-state index in [4.69, 9.17) is 0 Å². The average Bonchev–Trinajstić information content (AvgIpc) is 2.36. The molecule has 18 heavy (non-hydrogen) atoms. The molecule has 0 fully saturated rings. The number of hydrogen-bond donors (Lipinski definition) is 1. The monoisotopic (exact) mass is 251 g/mol. The summed E-state index contributed by atoms with van der Waals surface area (Å²) in [5.41, 5.74) is 1.95. The van der Waals surface area contributed by atoms with Gasteiger partial charge < -0.3 is 10.0 Å². The van der Waals surface area contributed by atoms with Crippen LogP contribution in [0.3, 0.4) is 0 Å². The van der Waals surface area contributed by atoms with Gasteiger partial charge in [0.15, 0.2) is 0 Å². The number of rotatable bonds is 4. The van der Waals surface area contributed by atoms with E-state index in [0.29, 0.717) is 6.54 Å².